The Morgan fingerprint density at radius 1 is 0.894 bits per heavy atom. The zero-order valence-electron chi connectivity index (χ0n) is 26.3. The molecule has 1 saturated heterocycles. The summed E-state index contributed by atoms with van der Waals surface area (Å²) in [5.41, 5.74) is 0.853. The number of aryl methyl sites for hydroxylation is 1. The smallest absolute Gasteiger partial charge is 0.416 e. The number of carbonyl (C=O) groups is 2. The number of thiazole rings is 1. The first kappa shape index (κ1) is 33.9. The molecule has 4 aromatic rings. The second kappa shape index (κ2) is 14.1. The van der Waals surface area contributed by atoms with E-state index in [9.17, 15) is 27.9 Å². The molecule has 8 nitrogen and oxygen atoms in total. The number of ether oxygens (including phenoxy) is 2. The number of rotatable bonds is 12. The van der Waals surface area contributed by atoms with Gasteiger partial charge in [0.25, 0.3) is 0 Å². The molecule has 3 aromatic carbocycles. The quantitative estimate of drug-likeness (QED) is 0.159. The van der Waals surface area contributed by atoms with Gasteiger partial charge in [-0.25, -0.2) is 9.78 Å². The van der Waals surface area contributed by atoms with Gasteiger partial charge in [0.15, 0.2) is 11.4 Å². The molecular weight excluding hydrogens is 631 g/mol. The number of carbonyl (C=O) groups excluding carboxylic acids is 1. The fraction of sp³-hybridized carbons (Fsp3) is 0.343. The van der Waals surface area contributed by atoms with Gasteiger partial charge in [0.05, 0.1) is 18.4 Å². The Labute approximate surface area is 275 Å². The van der Waals surface area contributed by atoms with Crippen molar-refractivity contribution in [3.63, 3.8) is 0 Å². The van der Waals surface area contributed by atoms with E-state index in [-0.39, 0.29) is 12.2 Å². The van der Waals surface area contributed by atoms with Crippen molar-refractivity contribution < 1.29 is 37.3 Å². The van der Waals surface area contributed by atoms with E-state index in [0.29, 0.717) is 34.8 Å². The van der Waals surface area contributed by atoms with Crippen molar-refractivity contribution in [3.05, 3.63) is 94.5 Å². The zero-order valence-corrected chi connectivity index (χ0v) is 27.2. The second-order valence-corrected chi connectivity index (χ2v) is 12.9. The van der Waals surface area contributed by atoms with Crippen molar-refractivity contribution in [2.75, 3.05) is 38.2 Å². The van der Waals surface area contributed by atoms with Crippen LogP contribution in [0.25, 0.3) is 10.6 Å². The standard InChI is InChI=1S/C35H36F3N3O5S/c1-34(2,33(43)44)46-28-12-6-23(7-13-28)30(42)16-17-31-29(39-32(47-31)24-4-8-25(9-5-24)35(36,37)38)22-40-18-20-41(21-19-40)26-10-14-27(45-3)15-11-26/h4-15H,16-22H2,1-3H3,(H,43,44). The average Bonchev–Trinajstić information content (AvgIpc) is 3.46. The number of aliphatic carboxylic acids is 1. The van der Waals surface area contributed by atoms with Crippen molar-refractivity contribution in [2.45, 2.75) is 45.0 Å². The normalized spacial score (nSPS) is 14.2. The van der Waals surface area contributed by atoms with E-state index >= 15 is 0 Å². The highest BCUT2D eigenvalue weighted by atomic mass is 32.1. The van der Waals surface area contributed by atoms with Gasteiger partial charge < -0.3 is 19.5 Å². The van der Waals surface area contributed by atoms with Crippen molar-refractivity contribution >= 4 is 28.8 Å². The van der Waals surface area contributed by atoms with Crippen LogP contribution in [0.3, 0.4) is 0 Å². The number of halogens is 3. The SMILES string of the molecule is COc1ccc(N2CCN(Cc3nc(-c4ccc(C(F)(F)F)cc4)sc3CCC(=O)c3ccc(OC(C)(C)C(=O)O)cc3)CC2)cc1. The number of benzene rings is 3. The van der Waals surface area contributed by atoms with Crippen LogP contribution in [0.2, 0.25) is 0 Å². The molecule has 12 heteroatoms. The summed E-state index contributed by atoms with van der Waals surface area (Å²) in [5.74, 6) is -0.0612. The number of ketones is 1. The number of hydrogen-bond donors (Lipinski definition) is 1. The maximum Gasteiger partial charge on any atom is 0.416 e. The molecule has 1 aliphatic rings. The first-order chi connectivity index (χ1) is 22.3. The summed E-state index contributed by atoms with van der Waals surface area (Å²) in [6, 6.07) is 19.3. The predicted molar refractivity (Wildman–Crippen MR) is 174 cm³/mol. The highest BCUT2D eigenvalue weighted by Gasteiger charge is 2.31. The average molecular weight is 668 g/mol. The number of Topliss-reactive ketones (excluding diaryl/α,β-unsaturated/α-hetero) is 1. The lowest BCUT2D eigenvalue weighted by Crippen LogP contribution is -2.46. The second-order valence-electron chi connectivity index (χ2n) is 11.8. The minimum atomic E-state index is -4.43. The Morgan fingerprint density at radius 2 is 1.51 bits per heavy atom. The van der Waals surface area contributed by atoms with E-state index in [1.54, 1.807) is 31.4 Å². The Bertz CT molecular complexity index is 1680. The monoisotopic (exact) mass is 667 g/mol. The molecule has 1 aromatic heterocycles. The molecule has 248 valence electrons. The minimum Gasteiger partial charge on any atom is -0.497 e. The molecule has 1 fully saturated rings. The van der Waals surface area contributed by atoms with Crippen LogP contribution in [0.15, 0.2) is 72.8 Å². The number of methoxy groups -OCH3 is 1. The Balaban J connectivity index is 1.29. The van der Waals surface area contributed by atoms with Gasteiger partial charge in [-0.2, -0.15) is 13.2 Å². The maximum atomic E-state index is 13.2. The zero-order chi connectivity index (χ0) is 33.8. The molecule has 5 rings (SSSR count). The van der Waals surface area contributed by atoms with E-state index in [1.165, 1.54) is 37.3 Å². The third kappa shape index (κ3) is 8.49. The molecule has 47 heavy (non-hydrogen) atoms. The Kier molecular flexibility index (Phi) is 10.2. The number of carboxylic acids is 1. The molecule has 1 N–H and O–H groups in total. The van der Waals surface area contributed by atoms with Crippen LogP contribution in [0, 0.1) is 0 Å². The number of nitrogens with zero attached hydrogens (tertiary/aromatic N) is 3. The summed E-state index contributed by atoms with van der Waals surface area (Å²) in [5, 5.41) is 9.91. The van der Waals surface area contributed by atoms with E-state index in [4.69, 9.17) is 14.5 Å². The third-order valence-corrected chi connectivity index (χ3v) is 9.27. The molecule has 0 atom stereocenters. The van der Waals surface area contributed by atoms with Gasteiger partial charge in [-0.1, -0.05) is 12.1 Å². The molecule has 0 aliphatic carbocycles. The van der Waals surface area contributed by atoms with Gasteiger partial charge in [0.2, 0.25) is 0 Å². The summed E-state index contributed by atoms with van der Waals surface area (Å²) in [6.07, 6.45) is -3.81. The summed E-state index contributed by atoms with van der Waals surface area (Å²) in [4.78, 5) is 34.9. The fourth-order valence-corrected chi connectivity index (χ4v) is 6.29. The summed E-state index contributed by atoms with van der Waals surface area (Å²) in [6.45, 7) is 6.68. The van der Waals surface area contributed by atoms with Crippen LogP contribution in [0.5, 0.6) is 11.5 Å². The van der Waals surface area contributed by atoms with E-state index in [0.717, 1.165) is 60.3 Å². The van der Waals surface area contributed by atoms with Gasteiger partial charge in [-0.05, 0) is 80.9 Å². The maximum absolute atomic E-state index is 13.2. The van der Waals surface area contributed by atoms with E-state index in [1.807, 2.05) is 24.3 Å². The lowest BCUT2D eigenvalue weighted by Gasteiger charge is -2.36. The van der Waals surface area contributed by atoms with Gasteiger partial charge >= 0.3 is 12.1 Å². The van der Waals surface area contributed by atoms with Gasteiger partial charge in [-0.3, -0.25) is 9.69 Å². The third-order valence-electron chi connectivity index (χ3n) is 8.06. The number of anilines is 1. The number of piperazine rings is 1. The van der Waals surface area contributed by atoms with Gasteiger partial charge in [-0.15, -0.1) is 11.3 Å². The number of hydrogen-bond acceptors (Lipinski definition) is 8. The Morgan fingerprint density at radius 3 is 2.09 bits per heavy atom. The lowest BCUT2D eigenvalue weighted by molar-refractivity contribution is -0.152. The van der Waals surface area contributed by atoms with E-state index in [2.05, 4.69) is 9.80 Å². The number of alkyl halides is 3. The topological polar surface area (TPSA) is 92.2 Å². The minimum absolute atomic E-state index is 0.0995. The molecule has 0 radical (unpaired) electrons. The summed E-state index contributed by atoms with van der Waals surface area (Å²) >= 11 is 1.39. The fourth-order valence-electron chi connectivity index (χ4n) is 5.22. The highest BCUT2D eigenvalue weighted by molar-refractivity contribution is 7.15. The molecular formula is C35H36F3N3O5S. The Hall–Kier alpha value is -4.42. The number of carboxylic acid groups (broad SMARTS) is 1. The summed E-state index contributed by atoms with van der Waals surface area (Å²) < 4.78 is 50.3. The van der Waals surface area contributed by atoms with Crippen LogP contribution in [0.4, 0.5) is 18.9 Å². The molecule has 0 saturated carbocycles. The first-order valence-electron chi connectivity index (χ1n) is 15.2. The molecule has 0 unspecified atom stereocenters. The van der Waals surface area contributed by atoms with Crippen molar-refractivity contribution in [2.24, 2.45) is 0 Å². The van der Waals surface area contributed by atoms with Gasteiger partial charge in [0.1, 0.15) is 16.5 Å². The van der Waals surface area contributed by atoms with Crippen LogP contribution in [0.1, 0.15) is 46.8 Å². The highest BCUT2D eigenvalue weighted by Crippen LogP contribution is 2.34. The molecule has 2 heterocycles. The predicted octanol–water partition coefficient (Wildman–Crippen LogP) is 7.22. The van der Waals surface area contributed by atoms with Crippen LogP contribution < -0.4 is 14.4 Å². The van der Waals surface area contributed by atoms with Crippen molar-refractivity contribution in [1.29, 1.82) is 0 Å². The molecule has 0 amide bonds. The number of aromatic nitrogens is 1. The van der Waals surface area contributed by atoms with Crippen LogP contribution in [-0.4, -0.2) is 65.6 Å². The van der Waals surface area contributed by atoms with Crippen molar-refractivity contribution in [3.8, 4) is 22.1 Å². The molecule has 0 spiro atoms. The van der Waals surface area contributed by atoms with Crippen LogP contribution >= 0.6 is 11.3 Å². The largest absolute Gasteiger partial charge is 0.497 e. The van der Waals surface area contributed by atoms with Gasteiger partial charge in [0, 0.05) is 60.8 Å². The lowest BCUT2D eigenvalue weighted by atomic mass is 10.0. The molecule has 0 bridgehead atoms. The molecule has 1 aliphatic heterocycles. The van der Waals surface area contributed by atoms with Crippen molar-refractivity contribution in [1.82, 2.24) is 9.88 Å². The van der Waals surface area contributed by atoms with Crippen LogP contribution in [-0.2, 0) is 23.9 Å². The van der Waals surface area contributed by atoms with E-state index < -0.39 is 23.3 Å². The summed E-state index contributed by atoms with van der Waals surface area (Å²) in [7, 11) is 1.64. The first-order valence-corrected chi connectivity index (χ1v) is 16.0.